The van der Waals surface area contributed by atoms with Crippen LogP contribution in [-0.4, -0.2) is 11.9 Å². The first-order chi connectivity index (χ1) is 12.8. The van der Waals surface area contributed by atoms with Crippen LogP contribution in [0, 0.1) is 0 Å². The fourth-order valence-corrected chi connectivity index (χ4v) is 2.95. The molecule has 0 fully saturated rings. The summed E-state index contributed by atoms with van der Waals surface area (Å²) in [4.78, 5) is 24.7. The van der Waals surface area contributed by atoms with Gasteiger partial charge in [0.05, 0.1) is 17.2 Å². The Bertz CT molecular complexity index is 908. The van der Waals surface area contributed by atoms with Crippen molar-refractivity contribution in [1.82, 2.24) is 10.6 Å². The fourth-order valence-electron chi connectivity index (χ4n) is 2.95. The highest BCUT2D eigenvalue weighted by Gasteiger charge is 2.39. The van der Waals surface area contributed by atoms with Gasteiger partial charge in [-0.1, -0.05) is 36.4 Å². The van der Waals surface area contributed by atoms with Crippen LogP contribution in [0.5, 0.6) is 0 Å². The first-order valence-electron chi connectivity index (χ1n) is 8.08. The second kappa shape index (κ2) is 7.14. The second-order valence-electron chi connectivity index (χ2n) is 5.98. The molecule has 0 saturated heterocycles. The Morgan fingerprint density at radius 2 is 1.67 bits per heavy atom. The maximum absolute atomic E-state index is 13.4. The van der Waals surface area contributed by atoms with Crippen molar-refractivity contribution in [2.24, 2.45) is 0 Å². The third-order valence-corrected chi connectivity index (χ3v) is 4.12. The summed E-state index contributed by atoms with van der Waals surface area (Å²) in [5.74, 6) is -0.604. The molecule has 0 aromatic heterocycles. The van der Waals surface area contributed by atoms with Crippen LogP contribution < -0.4 is 16.0 Å². The van der Waals surface area contributed by atoms with Crippen LogP contribution in [-0.2, 0) is 11.0 Å². The van der Waals surface area contributed by atoms with E-state index in [9.17, 15) is 22.8 Å². The van der Waals surface area contributed by atoms with Gasteiger partial charge in [0, 0.05) is 11.4 Å². The van der Waals surface area contributed by atoms with Crippen molar-refractivity contribution in [3.05, 3.63) is 77.0 Å². The third-order valence-electron chi connectivity index (χ3n) is 4.12. The number of halogens is 3. The second-order valence-corrected chi connectivity index (χ2v) is 5.98. The Morgan fingerprint density at radius 3 is 2.33 bits per heavy atom. The predicted molar refractivity (Wildman–Crippen MR) is 93.6 cm³/mol. The lowest BCUT2D eigenvalue weighted by Crippen LogP contribution is -2.46. The Labute approximate surface area is 153 Å². The molecule has 3 amide bonds. The topological polar surface area (TPSA) is 70.2 Å². The van der Waals surface area contributed by atoms with E-state index in [0.29, 0.717) is 5.69 Å². The molecule has 140 valence electrons. The molecule has 0 saturated carbocycles. The highest BCUT2D eigenvalue weighted by molar-refractivity contribution is 6.06. The highest BCUT2D eigenvalue weighted by Crippen LogP contribution is 2.38. The van der Waals surface area contributed by atoms with E-state index in [1.807, 2.05) is 0 Å². The molecule has 3 N–H and O–H groups in total. The zero-order valence-corrected chi connectivity index (χ0v) is 14.2. The van der Waals surface area contributed by atoms with Gasteiger partial charge in [0.15, 0.2) is 0 Å². The van der Waals surface area contributed by atoms with Gasteiger partial charge in [-0.05, 0) is 30.7 Å². The van der Waals surface area contributed by atoms with Gasteiger partial charge in [-0.2, -0.15) is 13.2 Å². The van der Waals surface area contributed by atoms with Crippen LogP contribution >= 0.6 is 0 Å². The number of amides is 3. The molecule has 5 nitrogen and oxygen atoms in total. The number of nitrogens with one attached hydrogen (secondary N) is 3. The normalized spacial score (nSPS) is 17.2. The van der Waals surface area contributed by atoms with E-state index in [-0.39, 0.29) is 16.8 Å². The minimum absolute atomic E-state index is 0.00940. The van der Waals surface area contributed by atoms with Crippen LogP contribution in [0.15, 0.2) is 65.9 Å². The van der Waals surface area contributed by atoms with E-state index in [1.54, 1.807) is 30.3 Å². The summed E-state index contributed by atoms with van der Waals surface area (Å²) in [7, 11) is 0. The number of hydrogen-bond donors (Lipinski definition) is 3. The number of carbonyl (C=O) groups is 2. The minimum Gasteiger partial charge on any atom is -0.327 e. The molecule has 0 radical (unpaired) electrons. The van der Waals surface area contributed by atoms with E-state index in [2.05, 4.69) is 16.0 Å². The quantitative estimate of drug-likeness (QED) is 0.760. The molecule has 27 heavy (non-hydrogen) atoms. The number of para-hydroxylation sites is 1. The van der Waals surface area contributed by atoms with Gasteiger partial charge in [0.2, 0.25) is 0 Å². The Balaban J connectivity index is 2.04. The zero-order valence-electron chi connectivity index (χ0n) is 14.2. The van der Waals surface area contributed by atoms with E-state index in [0.717, 1.165) is 6.07 Å². The molecule has 0 spiro atoms. The Kier molecular flexibility index (Phi) is 4.89. The monoisotopic (exact) mass is 375 g/mol. The largest absolute Gasteiger partial charge is 0.416 e. The lowest BCUT2D eigenvalue weighted by molar-refractivity contribution is -0.138. The maximum Gasteiger partial charge on any atom is 0.416 e. The number of rotatable bonds is 3. The number of hydrogen-bond acceptors (Lipinski definition) is 2. The summed E-state index contributed by atoms with van der Waals surface area (Å²) in [6.07, 6.45) is -4.62. The number of allylic oxidation sites excluding steroid dienone is 1. The number of carbonyl (C=O) groups excluding carboxylic acids is 2. The molecule has 0 bridgehead atoms. The van der Waals surface area contributed by atoms with Gasteiger partial charge >= 0.3 is 12.2 Å². The third kappa shape index (κ3) is 3.94. The summed E-state index contributed by atoms with van der Waals surface area (Å²) in [6, 6.07) is 11.5. The standard InChI is InChI=1S/C19H16F3N3O2/c1-11-15(17(26)24-12-7-3-2-4-8-12)16(25-18(27)23-11)13-9-5-6-10-14(13)19(20,21)22/h2-10,16H,1H3,(H,24,26)(H2,23,25,27). The van der Waals surface area contributed by atoms with Gasteiger partial charge in [-0.15, -0.1) is 0 Å². The van der Waals surface area contributed by atoms with E-state index in [1.165, 1.54) is 25.1 Å². The molecule has 1 heterocycles. The average molecular weight is 375 g/mol. The molecule has 2 aromatic carbocycles. The van der Waals surface area contributed by atoms with Crippen molar-refractivity contribution in [2.75, 3.05) is 5.32 Å². The van der Waals surface area contributed by atoms with E-state index < -0.39 is 29.7 Å². The predicted octanol–water partition coefficient (Wildman–Crippen LogP) is 3.97. The summed E-state index contributed by atoms with van der Waals surface area (Å²) in [5, 5.41) is 7.51. The van der Waals surface area contributed by atoms with Gasteiger partial charge in [0.1, 0.15) is 0 Å². The molecule has 2 aromatic rings. The van der Waals surface area contributed by atoms with Crippen LogP contribution in [0.1, 0.15) is 24.1 Å². The molecule has 1 unspecified atom stereocenters. The summed E-state index contributed by atoms with van der Waals surface area (Å²) in [5.41, 5.74) is -0.417. The van der Waals surface area contributed by atoms with Crippen LogP contribution in [0.3, 0.4) is 0 Å². The van der Waals surface area contributed by atoms with Crippen LogP contribution in [0.2, 0.25) is 0 Å². The van der Waals surface area contributed by atoms with Crippen molar-refractivity contribution in [3.8, 4) is 0 Å². The summed E-state index contributed by atoms with van der Waals surface area (Å²) < 4.78 is 40.3. The lowest BCUT2D eigenvalue weighted by Gasteiger charge is -2.30. The maximum atomic E-state index is 13.4. The van der Waals surface area contributed by atoms with Crippen molar-refractivity contribution in [1.29, 1.82) is 0 Å². The van der Waals surface area contributed by atoms with Crippen molar-refractivity contribution in [2.45, 2.75) is 19.1 Å². The number of anilines is 1. The first kappa shape index (κ1) is 18.5. The van der Waals surface area contributed by atoms with Crippen molar-refractivity contribution >= 4 is 17.6 Å². The van der Waals surface area contributed by atoms with Crippen molar-refractivity contribution < 1.29 is 22.8 Å². The summed E-state index contributed by atoms with van der Waals surface area (Å²) >= 11 is 0. The lowest BCUT2D eigenvalue weighted by atomic mass is 9.91. The molecular formula is C19H16F3N3O2. The van der Waals surface area contributed by atoms with Gasteiger partial charge in [-0.3, -0.25) is 4.79 Å². The Morgan fingerprint density at radius 1 is 1.04 bits per heavy atom. The molecule has 0 aliphatic carbocycles. The van der Waals surface area contributed by atoms with Gasteiger partial charge in [0.25, 0.3) is 5.91 Å². The molecule has 1 aliphatic heterocycles. The molecule has 8 heteroatoms. The highest BCUT2D eigenvalue weighted by atomic mass is 19.4. The van der Waals surface area contributed by atoms with Gasteiger partial charge < -0.3 is 16.0 Å². The summed E-state index contributed by atoms with van der Waals surface area (Å²) in [6.45, 7) is 1.47. The van der Waals surface area contributed by atoms with Crippen molar-refractivity contribution in [3.63, 3.8) is 0 Å². The number of urea groups is 1. The average Bonchev–Trinajstić information content (AvgIpc) is 2.61. The smallest absolute Gasteiger partial charge is 0.327 e. The van der Waals surface area contributed by atoms with E-state index in [4.69, 9.17) is 0 Å². The van der Waals surface area contributed by atoms with Crippen LogP contribution in [0.4, 0.5) is 23.7 Å². The fraction of sp³-hybridized carbons (Fsp3) is 0.158. The molecular weight excluding hydrogens is 359 g/mol. The zero-order chi connectivity index (χ0) is 19.6. The van der Waals surface area contributed by atoms with E-state index >= 15 is 0 Å². The SMILES string of the molecule is CC1=C(C(=O)Nc2ccccc2)C(c2ccccc2C(F)(F)F)NC(=O)N1. The number of benzene rings is 2. The molecule has 3 rings (SSSR count). The molecule has 1 aliphatic rings. The van der Waals surface area contributed by atoms with Gasteiger partial charge in [-0.25, -0.2) is 4.79 Å². The number of alkyl halides is 3. The minimum atomic E-state index is -4.62. The Hall–Kier alpha value is -3.29. The van der Waals surface area contributed by atoms with Crippen LogP contribution in [0.25, 0.3) is 0 Å². The molecule has 1 atom stereocenters. The first-order valence-corrected chi connectivity index (χ1v) is 8.08.